The number of rotatable bonds is 6. The molecule has 0 saturated heterocycles. The number of methoxy groups -OCH3 is 2. The van der Waals surface area contributed by atoms with Crippen molar-refractivity contribution in [3.8, 4) is 33.2 Å². The van der Waals surface area contributed by atoms with E-state index in [1.807, 2.05) is 48.5 Å². The fourth-order valence-corrected chi connectivity index (χ4v) is 4.13. The van der Waals surface area contributed by atoms with Crippen LogP contribution in [0.3, 0.4) is 0 Å². The summed E-state index contributed by atoms with van der Waals surface area (Å²) >= 11 is 1.50. The number of benzene rings is 2. The lowest BCUT2D eigenvalue weighted by molar-refractivity contribution is -0.122. The average Bonchev–Trinajstić information content (AvgIpc) is 3.10. The van der Waals surface area contributed by atoms with Crippen LogP contribution in [-0.4, -0.2) is 25.1 Å². The molecule has 0 atom stereocenters. The second-order valence-electron chi connectivity index (χ2n) is 6.77. The third kappa shape index (κ3) is 3.73. The van der Waals surface area contributed by atoms with Crippen LogP contribution in [0.25, 0.3) is 21.7 Å². The number of nitrogens with one attached hydrogen (secondary N) is 1. The van der Waals surface area contributed by atoms with Crippen molar-refractivity contribution in [3.63, 3.8) is 0 Å². The Labute approximate surface area is 168 Å². The topological polar surface area (TPSA) is 60.5 Å². The molecule has 28 heavy (non-hydrogen) atoms. The van der Waals surface area contributed by atoms with Gasteiger partial charge in [0.25, 0.3) is 0 Å². The van der Waals surface area contributed by atoms with E-state index in [2.05, 4.69) is 5.32 Å². The van der Waals surface area contributed by atoms with Crippen LogP contribution in [0.1, 0.15) is 19.3 Å². The van der Waals surface area contributed by atoms with Gasteiger partial charge in [-0.25, -0.2) is 4.98 Å². The van der Waals surface area contributed by atoms with Crippen LogP contribution in [0.4, 0.5) is 5.13 Å². The van der Waals surface area contributed by atoms with E-state index in [9.17, 15) is 4.79 Å². The standard InChI is InChI=1S/C22H22N2O3S/c1-26-17-10-6-14(7-11-17)19-20(15-8-12-18(27-2)13-9-15)28-22(23-19)24-21(25)16-4-3-5-16/h6-13,16H,3-5H2,1-2H3,(H,23,24,25). The summed E-state index contributed by atoms with van der Waals surface area (Å²) in [4.78, 5) is 18.1. The second-order valence-corrected chi connectivity index (χ2v) is 7.77. The number of aromatic nitrogens is 1. The van der Waals surface area contributed by atoms with E-state index in [4.69, 9.17) is 14.5 Å². The van der Waals surface area contributed by atoms with Crippen molar-refractivity contribution >= 4 is 22.4 Å². The predicted octanol–water partition coefficient (Wildman–Crippen LogP) is 5.23. The van der Waals surface area contributed by atoms with Gasteiger partial charge in [-0.05, 0) is 66.9 Å². The largest absolute Gasteiger partial charge is 0.497 e. The number of anilines is 1. The van der Waals surface area contributed by atoms with Crippen molar-refractivity contribution in [3.05, 3.63) is 48.5 Å². The molecule has 1 aliphatic rings. The molecule has 4 rings (SSSR count). The maximum absolute atomic E-state index is 12.4. The molecule has 1 aliphatic carbocycles. The number of hydrogen-bond acceptors (Lipinski definition) is 5. The van der Waals surface area contributed by atoms with Gasteiger partial charge in [-0.2, -0.15) is 0 Å². The van der Waals surface area contributed by atoms with Gasteiger partial charge >= 0.3 is 0 Å². The Hall–Kier alpha value is -2.86. The maximum Gasteiger partial charge on any atom is 0.229 e. The Bertz CT molecular complexity index is 895. The van der Waals surface area contributed by atoms with E-state index in [0.29, 0.717) is 5.13 Å². The van der Waals surface area contributed by atoms with Crippen LogP contribution < -0.4 is 14.8 Å². The number of hydrogen-bond donors (Lipinski definition) is 1. The molecule has 0 unspecified atom stereocenters. The molecule has 1 N–H and O–H groups in total. The monoisotopic (exact) mass is 394 g/mol. The zero-order valence-corrected chi connectivity index (χ0v) is 16.7. The molecule has 1 fully saturated rings. The molecule has 0 spiro atoms. The van der Waals surface area contributed by atoms with Crippen LogP contribution in [0, 0.1) is 5.92 Å². The summed E-state index contributed by atoms with van der Waals surface area (Å²) in [6.07, 6.45) is 3.06. The van der Waals surface area contributed by atoms with Crippen molar-refractivity contribution < 1.29 is 14.3 Å². The van der Waals surface area contributed by atoms with E-state index in [-0.39, 0.29) is 11.8 Å². The molecule has 1 aromatic heterocycles. The smallest absolute Gasteiger partial charge is 0.229 e. The zero-order chi connectivity index (χ0) is 19.5. The van der Waals surface area contributed by atoms with Crippen molar-refractivity contribution in [1.82, 2.24) is 4.98 Å². The van der Waals surface area contributed by atoms with E-state index >= 15 is 0 Å². The molecule has 1 saturated carbocycles. The number of amides is 1. The summed E-state index contributed by atoms with van der Waals surface area (Å²) in [6, 6.07) is 15.7. The number of carbonyl (C=O) groups excluding carboxylic acids is 1. The maximum atomic E-state index is 12.4. The molecule has 5 nitrogen and oxygen atoms in total. The number of thiazole rings is 1. The lowest BCUT2D eigenvalue weighted by atomic mass is 9.85. The summed E-state index contributed by atoms with van der Waals surface area (Å²) in [5, 5.41) is 3.64. The minimum Gasteiger partial charge on any atom is -0.497 e. The third-order valence-electron chi connectivity index (χ3n) is 5.05. The Morgan fingerprint density at radius 2 is 1.54 bits per heavy atom. The minimum atomic E-state index is 0.0718. The second kappa shape index (κ2) is 8.02. The first-order chi connectivity index (χ1) is 13.7. The van der Waals surface area contributed by atoms with Gasteiger partial charge in [0, 0.05) is 11.5 Å². The zero-order valence-electron chi connectivity index (χ0n) is 15.9. The lowest BCUT2D eigenvalue weighted by Gasteiger charge is -2.23. The highest BCUT2D eigenvalue weighted by Gasteiger charge is 2.26. The van der Waals surface area contributed by atoms with Crippen LogP contribution in [-0.2, 0) is 4.79 Å². The van der Waals surface area contributed by atoms with Crippen molar-refractivity contribution in [1.29, 1.82) is 0 Å². The van der Waals surface area contributed by atoms with E-state index < -0.39 is 0 Å². The molecule has 0 bridgehead atoms. The SMILES string of the molecule is COc1ccc(-c2nc(NC(=O)C3CCC3)sc2-c2ccc(OC)cc2)cc1. The highest BCUT2D eigenvalue weighted by atomic mass is 32.1. The van der Waals surface area contributed by atoms with E-state index in [0.717, 1.165) is 52.5 Å². The molecule has 6 heteroatoms. The lowest BCUT2D eigenvalue weighted by Crippen LogP contribution is -2.27. The van der Waals surface area contributed by atoms with Crippen molar-refractivity contribution in [2.45, 2.75) is 19.3 Å². The molecule has 2 aromatic carbocycles. The van der Waals surface area contributed by atoms with Crippen molar-refractivity contribution in [2.75, 3.05) is 19.5 Å². The summed E-state index contributed by atoms with van der Waals surface area (Å²) in [6.45, 7) is 0. The molecule has 1 amide bonds. The first-order valence-electron chi connectivity index (χ1n) is 9.28. The number of ether oxygens (including phenoxy) is 2. The van der Waals surface area contributed by atoms with Crippen LogP contribution in [0.15, 0.2) is 48.5 Å². The molecule has 144 valence electrons. The van der Waals surface area contributed by atoms with Gasteiger partial charge in [-0.15, -0.1) is 0 Å². The number of carbonyl (C=O) groups is 1. The fourth-order valence-electron chi connectivity index (χ4n) is 3.13. The highest BCUT2D eigenvalue weighted by molar-refractivity contribution is 7.19. The van der Waals surface area contributed by atoms with Crippen molar-refractivity contribution in [2.24, 2.45) is 5.92 Å². The Morgan fingerprint density at radius 1 is 0.964 bits per heavy atom. The number of nitrogens with zero attached hydrogens (tertiary/aromatic N) is 1. The molecule has 1 heterocycles. The molecule has 0 aliphatic heterocycles. The summed E-state index contributed by atoms with van der Waals surface area (Å²) in [5.41, 5.74) is 2.86. The first kappa shape index (κ1) is 18.5. The third-order valence-corrected chi connectivity index (χ3v) is 6.07. The van der Waals surface area contributed by atoms with Crippen LogP contribution in [0.5, 0.6) is 11.5 Å². The normalized spacial score (nSPS) is 13.6. The molecule has 3 aromatic rings. The predicted molar refractivity (Wildman–Crippen MR) is 112 cm³/mol. The Balaban J connectivity index is 1.71. The summed E-state index contributed by atoms with van der Waals surface area (Å²) < 4.78 is 10.5. The van der Waals surface area contributed by atoms with Gasteiger partial charge in [-0.3, -0.25) is 4.79 Å². The van der Waals surface area contributed by atoms with Gasteiger partial charge in [0.2, 0.25) is 5.91 Å². The van der Waals surface area contributed by atoms with Gasteiger partial charge in [-0.1, -0.05) is 17.8 Å². The minimum absolute atomic E-state index is 0.0718. The van der Waals surface area contributed by atoms with Crippen LogP contribution in [0.2, 0.25) is 0 Å². The summed E-state index contributed by atoms with van der Waals surface area (Å²) in [5.74, 6) is 1.79. The summed E-state index contributed by atoms with van der Waals surface area (Å²) in [7, 11) is 3.30. The van der Waals surface area contributed by atoms with Crippen LogP contribution >= 0.6 is 11.3 Å². The average molecular weight is 394 g/mol. The van der Waals surface area contributed by atoms with Gasteiger partial charge in [0.1, 0.15) is 11.5 Å². The molecule has 0 radical (unpaired) electrons. The highest BCUT2D eigenvalue weighted by Crippen LogP contribution is 2.40. The molecular weight excluding hydrogens is 372 g/mol. The quantitative estimate of drug-likeness (QED) is 0.622. The van der Waals surface area contributed by atoms with Gasteiger partial charge in [0.15, 0.2) is 5.13 Å². The van der Waals surface area contributed by atoms with E-state index in [1.54, 1.807) is 14.2 Å². The fraction of sp³-hybridized carbons (Fsp3) is 0.273. The molecular formula is C22H22N2O3S. The first-order valence-corrected chi connectivity index (χ1v) is 10.1. The van der Waals surface area contributed by atoms with Gasteiger partial charge < -0.3 is 14.8 Å². The van der Waals surface area contributed by atoms with E-state index in [1.165, 1.54) is 11.3 Å². The Kier molecular flexibility index (Phi) is 5.30. The van der Waals surface area contributed by atoms with Gasteiger partial charge in [0.05, 0.1) is 24.8 Å². The Morgan fingerprint density at radius 3 is 2.04 bits per heavy atom.